The average molecular weight is 447 g/mol. The molecule has 0 radical (unpaired) electrons. The molecule has 0 aliphatic rings. The first-order valence-electron chi connectivity index (χ1n) is 9.51. The molecule has 2 rings (SSSR count). The summed E-state index contributed by atoms with van der Waals surface area (Å²) in [4.78, 5) is 24.4. The maximum atomic E-state index is 12.3. The van der Waals surface area contributed by atoms with Gasteiger partial charge in [0.25, 0.3) is 11.8 Å². The van der Waals surface area contributed by atoms with Crippen LogP contribution in [0.4, 0.5) is 5.69 Å². The monoisotopic (exact) mass is 446 g/mol. The summed E-state index contributed by atoms with van der Waals surface area (Å²) in [6.07, 6.45) is 1.96. The van der Waals surface area contributed by atoms with Crippen LogP contribution in [0.15, 0.2) is 46.9 Å². The van der Waals surface area contributed by atoms with Crippen molar-refractivity contribution in [2.45, 2.75) is 39.5 Å². The number of anilines is 1. The molecule has 0 bridgehead atoms. The summed E-state index contributed by atoms with van der Waals surface area (Å²) in [5.41, 5.74) is 2.12. The van der Waals surface area contributed by atoms with Gasteiger partial charge < -0.3 is 15.4 Å². The van der Waals surface area contributed by atoms with Crippen LogP contribution in [0.2, 0.25) is 0 Å². The maximum absolute atomic E-state index is 12.3. The van der Waals surface area contributed by atoms with Crippen molar-refractivity contribution in [3.63, 3.8) is 0 Å². The molecule has 0 heterocycles. The van der Waals surface area contributed by atoms with E-state index in [0.29, 0.717) is 23.5 Å². The van der Waals surface area contributed by atoms with Crippen LogP contribution in [0.5, 0.6) is 5.75 Å². The zero-order chi connectivity index (χ0) is 20.5. The number of hydrogen-bond acceptors (Lipinski definition) is 3. The molecule has 0 aliphatic carbocycles. The van der Waals surface area contributed by atoms with Crippen molar-refractivity contribution in [3.05, 3.63) is 58.1 Å². The third-order valence-corrected chi connectivity index (χ3v) is 4.67. The van der Waals surface area contributed by atoms with Crippen molar-refractivity contribution in [1.29, 1.82) is 0 Å². The molecule has 6 heteroatoms. The highest BCUT2D eigenvalue weighted by atomic mass is 79.9. The van der Waals surface area contributed by atoms with Crippen LogP contribution in [-0.2, 0) is 4.79 Å². The number of carbonyl (C=O) groups excluding carboxylic acids is 2. The number of benzene rings is 2. The summed E-state index contributed by atoms with van der Waals surface area (Å²) in [6, 6.07) is 12.6. The minimum Gasteiger partial charge on any atom is -0.483 e. The van der Waals surface area contributed by atoms with Gasteiger partial charge in [0.05, 0.1) is 0 Å². The van der Waals surface area contributed by atoms with Crippen LogP contribution in [0, 0.1) is 0 Å². The Labute approximate surface area is 175 Å². The molecule has 150 valence electrons. The second-order valence-electron chi connectivity index (χ2n) is 6.86. The molecule has 2 aromatic carbocycles. The van der Waals surface area contributed by atoms with Crippen LogP contribution >= 0.6 is 15.9 Å². The minimum absolute atomic E-state index is 0.103. The average Bonchev–Trinajstić information content (AvgIpc) is 2.67. The van der Waals surface area contributed by atoms with Crippen LogP contribution in [0.1, 0.15) is 55.5 Å². The topological polar surface area (TPSA) is 67.4 Å². The molecule has 0 aromatic heterocycles. The predicted molar refractivity (Wildman–Crippen MR) is 116 cm³/mol. The van der Waals surface area contributed by atoms with Gasteiger partial charge in [0, 0.05) is 22.3 Å². The van der Waals surface area contributed by atoms with Gasteiger partial charge in [0.15, 0.2) is 6.61 Å². The molecule has 2 N–H and O–H groups in total. The van der Waals surface area contributed by atoms with Gasteiger partial charge in [-0.1, -0.05) is 49.2 Å². The molecule has 0 fully saturated rings. The van der Waals surface area contributed by atoms with E-state index < -0.39 is 0 Å². The van der Waals surface area contributed by atoms with Crippen LogP contribution in [0.25, 0.3) is 0 Å². The smallest absolute Gasteiger partial charge is 0.262 e. The standard InChI is InChI=1S/C22H27BrN2O3/c1-4-5-11-24-22(27)16-7-6-8-18(12-16)25-21(26)14-28-20-10-9-17(23)13-19(20)15(2)3/h6-10,12-13,15H,4-5,11,14H2,1-3H3,(H,24,27)(H,25,26). The fraction of sp³-hybridized carbons (Fsp3) is 0.364. The first kappa shape index (κ1) is 22.0. The predicted octanol–water partition coefficient (Wildman–Crippen LogP) is 5.12. The van der Waals surface area contributed by atoms with E-state index >= 15 is 0 Å². The van der Waals surface area contributed by atoms with E-state index in [1.807, 2.05) is 18.2 Å². The molecule has 0 unspecified atom stereocenters. The largest absolute Gasteiger partial charge is 0.483 e. The van der Waals surface area contributed by atoms with Gasteiger partial charge in [-0.25, -0.2) is 0 Å². The highest BCUT2D eigenvalue weighted by Crippen LogP contribution is 2.29. The number of hydrogen-bond donors (Lipinski definition) is 2. The fourth-order valence-corrected chi connectivity index (χ4v) is 3.04. The molecule has 2 aromatic rings. The Morgan fingerprint density at radius 3 is 2.64 bits per heavy atom. The zero-order valence-electron chi connectivity index (χ0n) is 16.5. The zero-order valence-corrected chi connectivity index (χ0v) is 18.1. The first-order valence-corrected chi connectivity index (χ1v) is 10.3. The Bertz CT molecular complexity index is 821. The van der Waals surface area contributed by atoms with Crippen LogP contribution in [0.3, 0.4) is 0 Å². The number of rotatable bonds is 9. The van der Waals surface area contributed by atoms with Crippen LogP contribution < -0.4 is 15.4 Å². The molecular formula is C22H27BrN2O3. The maximum Gasteiger partial charge on any atom is 0.262 e. The quantitative estimate of drug-likeness (QED) is 0.525. The van der Waals surface area contributed by atoms with Crippen molar-refractivity contribution < 1.29 is 14.3 Å². The molecule has 0 spiro atoms. The van der Waals surface area contributed by atoms with E-state index in [1.54, 1.807) is 24.3 Å². The van der Waals surface area contributed by atoms with Gasteiger partial charge in [-0.15, -0.1) is 0 Å². The van der Waals surface area contributed by atoms with Gasteiger partial charge in [-0.3, -0.25) is 9.59 Å². The number of unbranched alkanes of at least 4 members (excludes halogenated alkanes) is 1. The third kappa shape index (κ3) is 6.68. The van der Waals surface area contributed by atoms with Crippen molar-refractivity contribution in [2.24, 2.45) is 0 Å². The highest BCUT2D eigenvalue weighted by molar-refractivity contribution is 9.10. The molecule has 0 saturated heterocycles. The lowest BCUT2D eigenvalue weighted by Crippen LogP contribution is -2.25. The van der Waals surface area contributed by atoms with Crippen molar-refractivity contribution in [2.75, 3.05) is 18.5 Å². The number of carbonyl (C=O) groups is 2. The lowest BCUT2D eigenvalue weighted by atomic mass is 10.0. The fourth-order valence-electron chi connectivity index (χ4n) is 2.66. The normalized spacial score (nSPS) is 10.6. The Morgan fingerprint density at radius 2 is 1.93 bits per heavy atom. The van der Waals surface area contributed by atoms with E-state index in [1.165, 1.54) is 0 Å². The Morgan fingerprint density at radius 1 is 1.14 bits per heavy atom. The molecule has 2 amide bonds. The van der Waals surface area contributed by atoms with E-state index in [9.17, 15) is 9.59 Å². The highest BCUT2D eigenvalue weighted by Gasteiger charge is 2.12. The van der Waals surface area contributed by atoms with Crippen molar-refractivity contribution in [3.8, 4) is 5.75 Å². The second kappa shape index (κ2) is 10.9. The summed E-state index contributed by atoms with van der Waals surface area (Å²) >= 11 is 3.46. The summed E-state index contributed by atoms with van der Waals surface area (Å²) in [7, 11) is 0. The van der Waals surface area contributed by atoms with E-state index in [0.717, 1.165) is 22.9 Å². The van der Waals surface area contributed by atoms with Crippen molar-refractivity contribution in [1.82, 2.24) is 5.32 Å². The molecule has 28 heavy (non-hydrogen) atoms. The molecule has 0 saturated carbocycles. The summed E-state index contributed by atoms with van der Waals surface area (Å²) in [5, 5.41) is 5.65. The Hall–Kier alpha value is -2.34. The van der Waals surface area contributed by atoms with Gasteiger partial charge in [-0.2, -0.15) is 0 Å². The molecule has 5 nitrogen and oxygen atoms in total. The lowest BCUT2D eigenvalue weighted by molar-refractivity contribution is -0.118. The number of ether oxygens (including phenoxy) is 1. The van der Waals surface area contributed by atoms with E-state index in [-0.39, 0.29) is 24.3 Å². The van der Waals surface area contributed by atoms with Gasteiger partial charge in [-0.05, 0) is 54.3 Å². The third-order valence-electron chi connectivity index (χ3n) is 4.18. The van der Waals surface area contributed by atoms with Crippen molar-refractivity contribution >= 4 is 33.4 Å². The number of halogens is 1. The van der Waals surface area contributed by atoms with Gasteiger partial charge in [0.2, 0.25) is 0 Å². The van der Waals surface area contributed by atoms with E-state index in [4.69, 9.17) is 4.74 Å². The summed E-state index contributed by atoms with van der Waals surface area (Å²) in [6.45, 7) is 6.76. The SMILES string of the molecule is CCCCNC(=O)c1cccc(NC(=O)COc2ccc(Br)cc2C(C)C)c1. The minimum atomic E-state index is -0.277. The van der Waals surface area contributed by atoms with E-state index in [2.05, 4.69) is 47.3 Å². The second-order valence-corrected chi connectivity index (χ2v) is 7.78. The number of amides is 2. The number of nitrogens with one attached hydrogen (secondary N) is 2. The van der Waals surface area contributed by atoms with Gasteiger partial charge >= 0.3 is 0 Å². The Kier molecular flexibility index (Phi) is 8.51. The molecular weight excluding hydrogens is 420 g/mol. The Balaban J connectivity index is 1.95. The summed E-state index contributed by atoms with van der Waals surface area (Å²) in [5.74, 6) is 0.550. The lowest BCUT2D eigenvalue weighted by Gasteiger charge is -2.14. The summed E-state index contributed by atoms with van der Waals surface area (Å²) < 4.78 is 6.69. The molecule has 0 atom stereocenters. The van der Waals surface area contributed by atoms with Gasteiger partial charge in [0.1, 0.15) is 5.75 Å². The molecule has 0 aliphatic heterocycles. The van der Waals surface area contributed by atoms with Crippen LogP contribution in [-0.4, -0.2) is 25.0 Å². The first-order chi connectivity index (χ1) is 13.4.